The maximum atomic E-state index is 10.9. The van der Waals surface area contributed by atoms with Gasteiger partial charge in [-0.3, -0.25) is 4.79 Å². The van der Waals surface area contributed by atoms with Crippen molar-refractivity contribution in [3.05, 3.63) is 0 Å². The van der Waals surface area contributed by atoms with Gasteiger partial charge in [0.25, 0.3) is 0 Å². The lowest BCUT2D eigenvalue weighted by molar-refractivity contribution is -0.130. The molecule has 0 radical (unpaired) electrons. The first-order valence-corrected chi connectivity index (χ1v) is 4.95. The first-order valence-electron chi connectivity index (χ1n) is 4.95. The van der Waals surface area contributed by atoms with Crippen LogP contribution in [0, 0.1) is 0 Å². The molecule has 0 aromatic rings. The number of hydrogen-bond acceptors (Lipinski definition) is 4. The summed E-state index contributed by atoms with van der Waals surface area (Å²) >= 11 is 0. The van der Waals surface area contributed by atoms with Gasteiger partial charge in [0.15, 0.2) is 5.78 Å². The molecule has 1 rings (SSSR count). The van der Waals surface area contributed by atoms with Gasteiger partial charge in [0.2, 0.25) is 5.71 Å². The second-order valence-corrected chi connectivity index (χ2v) is 4.05. The lowest BCUT2D eigenvalue weighted by Gasteiger charge is -2.20. The summed E-state index contributed by atoms with van der Waals surface area (Å²) in [5.74, 6) is -1.94. The lowest BCUT2D eigenvalue weighted by atomic mass is 10.1. The van der Waals surface area contributed by atoms with Crippen LogP contribution in [0.15, 0.2) is 5.16 Å². The Morgan fingerprint density at radius 3 is 2.27 bits per heavy atom. The van der Waals surface area contributed by atoms with Crippen LogP contribution in [0.4, 0.5) is 0 Å². The fourth-order valence-corrected chi connectivity index (χ4v) is 1.62. The van der Waals surface area contributed by atoms with Gasteiger partial charge in [-0.15, -0.1) is 0 Å². The molecule has 0 atom stereocenters. The number of carboxylic acid groups (broad SMARTS) is 1. The van der Waals surface area contributed by atoms with Crippen LogP contribution in [0.5, 0.6) is 0 Å². The number of aliphatic carboxylic acids is 1. The highest BCUT2D eigenvalue weighted by atomic mass is 16.7. The first kappa shape index (κ1) is 11.7. The minimum atomic E-state index is -1.34. The van der Waals surface area contributed by atoms with E-state index >= 15 is 0 Å². The summed E-state index contributed by atoms with van der Waals surface area (Å²) < 4.78 is 0. The molecule has 1 fully saturated rings. The van der Waals surface area contributed by atoms with E-state index in [0.29, 0.717) is 0 Å². The zero-order chi connectivity index (χ0) is 11.5. The molecule has 15 heavy (non-hydrogen) atoms. The highest BCUT2D eigenvalue weighted by molar-refractivity contribution is 6.63. The van der Waals surface area contributed by atoms with Crippen LogP contribution in [0.2, 0.25) is 0 Å². The van der Waals surface area contributed by atoms with Gasteiger partial charge in [-0.25, -0.2) is 4.79 Å². The highest BCUT2D eigenvalue weighted by Gasteiger charge is 2.31. The van der Waals surface area contributed by atoms with Gasteiger partial charge < -0.3 is 9.94 Å². The van der Waals surface area contributed by atoms with E-state index < -0.39 is 23.1 Å². The molecule has 0 spiro atoms. The standard InChI is InChI=1S/C10H15NO4/c1-7(12)8(9(13)14)11-15-10(2)5-3-4-6-10/h3-6H2,1-2H3,(H,13,14). The molecule has 0 heterocycles. The van der Waals surface area contributed by atoms with E-state index in [2.05, 4.69) is 5.16 Å². The molecule has 0 unspecified atom stereocenters. The Hall–Kier alpha value is -1.39. The zero-order valence-electron chi connectivity index (χ0n) is 8.95. The minimum Gasteiger partial charge on any atom is -0.476 e. The SMILES string of the molecule is CC(=O)C(=NOC1(C)CCCC1)C(=O)O. The molecule has 1 saturated carbocycles. The second-order valence-electron chi connectivity index (χ2n) is 4.05. The van der Waals surface area contributed by atoms with Crippen molar-refractivity contribution in [3.8, 4) is 0 Å². The van der Waals surface area contributed by atoms with Crippen molar-refractivity contribution in [2.45, 2.75) is 45.1 Å². The number of carbonyl (C=O) groups excluding carboxylic acids is 1. The van der Waals surface area contributed by atoms with Crippen LogP contribution in [-0.2, 0) is 14.4 Å². The van der Waals surface area contributed by atoms with Gasteiger partial charge in [0.05, 0.1) is 0 Å². The summed E-state index contributed by atoms with van der Waals surface area (Å²) in [5.41, 5.74) is -0.945. The molecule has 0 aromatic carbocycles. The summed E-state index contributed by atoms with van der Waals surface area (Å²) in [6.07, 6.45) is 3.80. The summed E-state index contributed by atoms with van der Waals surface area (Å²) in [6, 6.07) is 0. The molecule has 5 heteroatoms. The lowest BCUT2D eigenvalue weighted by Crippen LogP contribution is -2.26. The normalized spacial score (nSPS) is 20.0. The fourth-order valence-electron chi connectivity index (χ4n) is 1.62. The van der Waals surface area contributed by atoms with E-state index in [-0.39, 0.29) is 0 Å². The summed E-state index contributed by atoms with van der Waals surface area (Å²) in [6.45, 7) is 3.04. The summed E-state index contributed by atoms with van der Waals surface area (Å²) in [5, 5.41) is 12.1. The van der Waals surface area contributed by atoms with E-state index in [4.69, 9.17) is 9.94 Å². The Morgan fingerprint density at radius 2 is 1.87 bits per heavy atom. The molecule has 5 nitrogen and oxygen atoms in total. The van der Waals surface area contributed by atoms with E-state index in [1.165, 1.54) is 0 Å². The number of carbonyl (C=O) groups is 2. The van der Waals surface area contributed by atoms with Crippen LogP contribution < -0.4 is 0 Å². The van der Waals surface area contributed by atoms with Crippen LogP contribution in [0.3, 0.4) is 0 Å². The second kappa shape index (κ2) is 4.42. The molecule has 0 aromatic heterocycles. The molecule has 84 valence electrons. The predicted octanol–water partition coefficient (Wildman–Crippen LogP) is 1.37. The Balaban J connectivity index is 2.68. The van der Waals surface area contributed by atoms with E-state index in [1.807, 2.05) is 6.92 Å². The van der Waals surface area contributed by atoms with Crippen molar-refractivity contribution >= 4 is 17.5 Å². The summed E-state index contributed by atoms with van der Waals surface area (Å²) in [4.78, 5) is 26.7. The largest absolute Gasteiger partial charge is 0.476 e. The Morgan fingerprint density at radius 1 is 1.33 bits per heavy atom. The smallest absolute Gasteiger partial charge is 0.361 e. The topological polar surface area (TPSA) is 76.0 Å². The molecule has 1 N–H and O–H groups in total. The Kier molecular flexibility index (Phi) is 3.44. The third kappa shape index (κ3) is 3.04. The molecule has 0 bridgehead atoms. The first-order chi connectivity index (χ1) is 6.94. The third-order valence-electron chi connectivity index (χ3n) is 2.55. The molecular formula is C10H15NO4. The molecule has 0 saturated heterocycles. The average molecular weight is 213 g/mol. The maximum absolute atomic E-state index is 10.9. The van der Waals surface area contributed by atoms with Crippen LogP contribution in [-0.4, -0.2) is 28.2 Å². The van der Waals surface area contributed by atoms with Crippen molar-refractivity contribution in [3.63, 3.8) is 0 Å². The van der Waals surface area contributed by atoms with Gasteiger partial charge >= 0.3 is 5.97 Å². The molecular weight excluding hydrogens is 198 g/mol. The predicted molar refractivity (Wildman–Crippen MR) is 53.7 cm³/mol. The molecule has 0 amide bonds. The van der Waals surface area contributed by atoms with Crippen molar-refractivity contribution in [1.82, 2.24) is 0 Å². The molecule has 1 aliphatic carbocycles. The summed E-state index contributed by atoms with van der Waals surface area (Å²) in [7, 11) is 0. The van der Waals surface area contributed by atoms with E-state index in [1.54, 1.807) is 0 Å². The quantitative estimate of drug-likeness (QED) is 0.434. The van der Waals surface area contributed by atoms with Crippen molar-refractivity contribution in [2.75, 3.05) is 0 Å². The minimum absolute atomic E-state index is 0.407. The molecule has 0 aliphatic heterocycles. The monoisotopic (exact) mass is 213 g/mol. The van der Waals surface area contributed by atoms with Crippen molar-refractivity contribution < 1.29 is 19.5 Å². The number of carboxylic acids is 1. The van der Waals surface area contributed by atoms with Gasteiger partial charge in [-0.05, 0) is 32.6 Å². The van der Waals surface area contributed by atoms with Crippen LogP contribution in [0.1, 0.15) is 39.5 Å². The number of Topliss-reactive ketones (excluding diaryl/α,β-unsaturated/α-hetero) is 1. The van der Waals surface area contributed by atoms with Crippen molar-refractivity contribution in [2.24, 2.45) is 5.16 Å². The number of nitrogens with zero attached hydrogens (tertiary/aromatic N) is 1. The van der Waals surface area contributed by atoms with Crippen molar-refractivity contribution in [1.29, 1.82) is 0 Å². The number of hydrogen-bond donors (Lipinski definition) is 1. The molecule has 1 aliphatic rings. The Labute approximate surface area is 88.1 Å². The number of rotatable bonds is 4. The average Bonchev–Trinajstić information content (AvgIpc) is 2.51. The zero-order valence-corrected chi connectivity index (χ0v) is 8.95. The highest BCUT2D eigenvalue weighted by Crippen LogP contribution is 2.32. The maximum Gasteiger partial charge on any atom is 0.361 e. The van der Waals surface area contributed by atoms with Gasteiger partial charge in [0, 0.05) is 6.92 Å². The number of ketones is 1. The third-order valence-corrected chi connectivity index (χ3v) is 2.55. The van der Waals surface area contributed by atoms with Crippen LogP contribution in [0.25, 0.3) is 0 Å². The van der Waals surface area contributed by atoms with Crippen LogP contribution >= 0.6 is 0 Å². The van der Waals surface area contributed by atoms with Gasteiger partial charge in [0.1, 0.15) is 5.60 Å². The van der Waals surface area contributed by atoms with E-state index in [9.17, 15) is 9.59 Å². The van der Waals surface area contributed by atoms with E-state index in [0.717, 1.165) is 32.6 Å². The fraction of sp³-hybridized carbons (Fsp3) is 0.700. The van der Waals surface area contributed by atoms with Gasteiger partial charge in [-0.1, -0.05) is 5.16 Å². The Bertz CT molecular complexity index is 287. The van der Waals surface area contributed by atoms with Gasteiger partial charge in [-0.2, -0.15) is 0 Å². The number of oxime groups is 1.